The zero-order valence-electron chi connectivity index (χ0n) is 14.5. The maximum absolute atomic E-state index is 13.2. The highest BCUT2D eigenvalue weighted by molar-refractivity contribution is 8.00. The van der Waals surface area contributed by atoms with Crippen molar-refractivity contribution in [1.29, 1.82) is 0 Å². The Kier molecular flexibility index (Phi) is 5.79. The molecule has 1 fully saturated rings. The molecule has 4 nitrogen and oxygen atoms in total. The molecule has 0 atom stereocenters. The van der Waals surface area contributed by atoms with Crippen molar-refractivity contribution in [2.75, 3.05) is 18.8 Å². The highest BCUT2D eigenvalue weighted by Gasteiger charge is 2.43. The first-order chi connectivity index (χ1) is 12.9. The number of piperidine rings is 1. The van der Waals surface area contributed by atoms with Crippen LogP contribution >= 0.6 is 11.8 Å². The van der Waals surface area contributed by atoms with Crippen molar-refractivity contribution in [2.24, 2.45) is 0 Å². The van der Waals surface area contributed by atoms with Crippen LogP contribution in [0.4, 0.5) is 8.78 Å². The van der Waals surface area contributed by atoms with Gasteiger partial charge < -0.3 is 10.0 Å². The Hall–Kier alpha value is -2.41. The molecule has 0 bridgehead atoms. The fourth-order valence-corrected chi connectivity index (χ4v) is 4.15. The molecule has 0 radical (unpaired) electrons. The van der Waals surface area contributed by atoms with Crippen molar-refractivity contribution >= 4 is 23.6 Å². The smallest absolute Gasteiger partial charge is 0.314 e. The van der Waals surface area contributed by atoms with Crippen LogP contribution in [-0.4, -0.2) is 40.7 Å². The Morgan fingerprint density at radius 2 is 1.70 bits per heavy atom. The zero-order valence-corrected chi connectivity index (χ0v) is 15.3. The highest BCUT2D eigenvalue weighted by atomic mass is 32.2. The van der Waals surface area contributed by atoms with Crippen LogP contribution in [0.25, 0.3) is 0 Å². The van der Waals surface area contributed by atoms with E-state index in [2.05, 4.69) is 0 Å². The lowest BCUT2D eigenvalue weighted by molar-refractivity contribution is -0.147. The minimum atomic E-state index is -0.981. The number of carboxylic acid groups (broad SMARTS) is 1. The van der Waals surface area contributed by atoms with E-state index in [0.717, 1.165) is 29.5 Å². The van der Waals surface area contributed by atoms with Crippen LogP contribution < -0.4 is 0 Å². The van der Waals surface area contributed by atoms with Crippen molar-refractivity contribution in [1.82, 2.24) is 4.90 Å². The minimum absolute atomic E-state index is 0.0937. The van der Waals surface area contributed by atoms with Gasteiger partial charge in [-0.05, 0) is 36.6 Å². The number of carbonyl (C=O) groups is 2. The number of rotatable bonds is 5. The summed E-state index contributed by atoms with van der Waals surface area (Å²) >= 11 is 1.13. The molecular weight excluding hydrogens is 372 g/mol. The van der Waals surface area contributed by atoms with E-state index in [1.54, 1.807) is 4.90 Å². The predicted molar refractivity (Wildman–Crippen MR) is 98.7 cm³/mol. The van der Waals surface area contributed by atoms with Crippen LogP contribution in [0.2, 0.25) is 0 Å². The quantitative estimate of drug-likeness (QED) is 0.790. The summed E-state index contributed by atoms with van der Waals surface area (Å²) in [6.07, 6.45) is 0.682. The molecule has 3 rings (SSSR count). The molecule has 1 N–H and O–H groups in total. The predicted octanol–water partition coefficient (Wildman–Crippen LogP) is 3.70. The number of halogens is 2. The van der Waals surface area contributed by atoms with Crippen molar-refractivity contribution in [3.05, 3.63) is 65.7 Å². The lowest BCUT2D eigenvalue weighted by Gasteiger charge is -2.39. The number of carbonyl (C=O) groups excluding carboxylic acids is 1. The van der Waals surface area contributed by atoms with Crippen LogP contribution in [0.15, 0.2) is 53.4 Å². The van der Waals surface area contributed by atoms with Crippen LogP contribution in [-0.2, 0) is 15.0 Å². The van der Waals surface area contributed by atoms with Crippen LogP contribution in [0.1, 0.15) is 18.4 Å². The third-order valence-electron chi connectivity index (χ3n) is 4.96. The molecular formula is C20H19F2NO3S. The van der Waals surface area contributed by atoms with Gasteiger partial charge in [-0.3, -0.25) is 9.59 Å². The second-order valence-corrected chi connectivity index (χ2v) is 7.55. The van der Waals surface area contributed by atoms with E-state index in [1.807, 2.05) is 30.3 Å². The molecule has 142 valence electrons. The number of hydrogen-bond acceptors (Lipinski definition) is 3. The van der Waals surface area contributed by atoms with Gasteiger partial charge in [-0.25, -0.2) is 8.78 Å². The van der Waals surface area contributed by atoms with Gasteiger partial charge in [0.05, 0.1) is 11.2 Å². The number of nitrogens with zero attached hydrogens (tertiary/aromatic N) is 1. The fourth-order valence-electron chi connectivity index (χ4n) is 3.32. The molecule has 0 spiro atoms. The summed E-state index contributed by atoms with van der Waals surface area (Å²) in [5.74, 6) is -2.79. The molecule has 1 saturated heterocycles. The molecule has 1 amide bonds. The van der Waals surface area contributed by atoms with Gasteiger partial charge in [-0.15, -0.1) is 11.8 Å². The summed E-state index contributed by atoms with van der Waals surface area (Å²) < 4.78 is 26.2. The van der Waals surface area contributed by atoms with Crippen molar-refractivity contribution in [3.63, 3.8) is 0 Å². The normalized spacial score (nSPS) is 16.1. The molecule has 1 aliphatic heterocycles. The molecule has 0 unspecified atom stereocenters. The SMILES string of the molecule is O=C(CSc1ccc(F)c(F)c1)N1CCC(C(=O)O)(c2ccccc2)CC1. The largest absolute Gasteiger partial charge is 0.481 e. The van der Waals surface area contributed by atoms with Gasteiger partial charge in [0, 0.05) is 18.0 Å². The number of thioether (sulfide) groups is 1. The number of hydrogen-bond donors (Lipinski definition) is 1. The van der Waals surface area contributed by atoms with Crippen molar-refractivity contribution in [3.8, 4) is 0 Å². The number of likely N-dealkylation sites (tertiary alicyclic amines) is 1. The van der Waals surface area contributed by atoms with Crippen molar-refractivity contribution in [2.45, 2.75) is 23.2 Å². The van der Waals surface area contributed by atoms with Gasteiger partial charge in [-0.2, -0.15) is 0 Å². The summed E-state index contributed by atoms with van der Waals surface area (Å²) in [4.78, 5) is 26.5. The summed E-state index contributed by atoms with van der Waals surface area (Å²) in [7, 11) is 0. The van der Waals surface area contributed by atoms with E-state index >= 15 is 0 Å². The highest BCUT2D eigenvalue weighted by Crippen LogP contribution is 2.36. The fraction of sp³-hybridized carbons (Fsp3) is 0.300. The first-order valence-corrected chi connectivity index (χ1v) is 9.55. The molecule has 1 heterocycles. The number of amides is 1. The van der Waals surface area contributed by atoms with Crippen LogP contribution in [0, 0.1) is 11.6 Å². The van der Waals surface area contributed by atoms with E-state index in [-0.39, 0.29) is 11.7 Å². The Labute approximate surface area is 160 Å². The minimum Gasteiger partial charge on any atom is -0.481 e. The Morgan fingerprint density at radius 3 is 2.30 bits per heavy atom. The van der Waals surface area contributed by atoms with E-state index in [9.17, 15) is 23.5 Å². The van der Waals surface area contributed by atoms with Gasteiger partial charge in [-0.1, -0.05) is 30.3 Å². The second-order valence-electron chi connectivity index (χ2n) is 6.50. The molecule has 0 saturated carbocycles. The first-order valence-electron chi connectivity index (χ1n) is 8.57. The van der Waals surface area contributed by atoms with E-state index in [1.165, 1.54) is 6.07 Å². The van der Waals surface area contributed by atoms with Gasteiger partial charge in [0.1, 0.15) is 0 Å². The summed E-state index contributed by atoms with van der Waals surface area (Å²) in [5, 5.41) is 9.79. The lowest BCUT2D eigenvalue weighted by atomic mass is 9.73. The number of aliphatic carboxylic acids is 1. The standard InChI is InChI=1S/C20H19F2NO3S/c21-16-7-6-15(12-17(16)22)27-13-18(24)23-10-8-20(9-11-23,19(25)26)14-4-2-1-3-5-14/h1-7,12H,8-11,13H2,(H,25,26). The Balaban J connectivity index is 1.61. The molecule has 7 heteroatoms. The topological polar surface area (TPSA) is 57.6 Å². The number of benzene rings is 2. The monoisotopic (exact) mass is 391 g/mol. The van der Waals surface area contributed by atoms with E-state index < -0.39 is 23.0 Å². The summed E-state index contributed by atoms with van der Waals surface area (Å²) in [5.41, 5.74) is -0.230. The zero-order chi connectivity index (χ0) is 19.4. The van der Waals surface area contributed by atoms with E-state index in [0.29, 0.717) is 30.8 Å². The molecule has 2 aromatic carbocycles. The third kappa shape index (κ3) is 4.13. The molecule has 0 aliphatic carbocycles. The number of carboxylic acids is 1. The van der Waals surface area contributed by atoms with Gasteiger partial charge in [0.25, 0.3) is 0 Å². The Bertz CT molecular complexity index is 836. The first kappa shape index (κ1) is 19.4. The van der Waals surface area contributed by atoms with Gasteiger partial charge in [0.15, 0.2) is 11.6 Å². The summed E-state index contributed by atoms with van der Waals surface area (Å²) in [6, 6.07) is 12.6. The maximum atomic E-state index is 13.2. The van der Waals surface area contributed by atoms with E-state index in [4.69, 9.17) is 0 Å². The average molecular weight is 391 g/mol. The van der Waals surface area contributed by atoms with Crippen molar-refractivity contribution < 1.29 is 23.5 Å². The molecule has 27 heavy (non-hydrogen) atoms. The molecule has 2 aromatic rings. The molecule has 0 aromatic heterocycles. The average Bonchev–Trinajstić information content (AvgIpc) is 2.69. The second kappa shape index (κ2) is 8.08. The van der Waals surface area contributed by atoms with Gasteiger partial charge in [0.2, 0.25) is 5.91 Å². The third-order valence-corrected chi connectivity index (χ3v) is 5.94. The summed E-state index contributed by atoms with van der Waals surface area (Å²) in [6.45, 7) is 0.691. The Morgan fingerprint density at radius 1 is 1.04 bits per heavy atom. The van der Waals surface area contributed by atoms with Crippen LogP contribution in [0.5, 0.6) is 0 Å². The van der Waals surface area contributed by atoms with Gasteiger partial charge >= 0.3 is 5.97 Å². The molecule has 1 aliphatic rings. The van der Waals surface area contributed by atoms with Crippen LogP contribution in [0.3, 0.4) is 0 Å². The lowest BCUT2D eigenvalue weighted by Crippen LogP contribution is -2.49. The maximum Gasteiger partial charge on any atom is 0.314 e.